The molecule has 0 aliphatic carbocycles. The summed E-state index contributed by atoms with van der Waals surface area (Å²) in [6.07, 6.45) is 1.72. The smallest absolute Gasteiger partial charge is 0.258 e. The number of anilines is 1. The summed E-state index contributed by atoms with van der Waals surface area (Å²) in [4.78, 5) is 16.5. The van der Waals surface area contributed by atoms with Crippen LogP contribution in [-0.2, 0) is 6.61 Å². The molecule has 5 nitrogen and oxygen atoms in total. The summed E-state index contributed by atoms with van der Waals surface area (Å²) >= 11 is 0. The van der Waals surface area contributed by atoms with E-state index < -0.39 is 0 Å². The highest BCUT2D eigenvalue weighted by atomic mass is 16.5. The number of fused-ring (bicyclic) bond motifs is 1. The van der Waals surface area contributed by atoms with Crippen molar-refractivity contribution in [3.8, 4) is 5.75 Å². The Balaban J connectivity index is 1.89. The molecule has 1 aromatic carbocycles. The second-order valence-corrected chi connectivity index (χ2v) is 4.88. The fraction of sp³-hybridized carbons (Fsp3) is 0.125. The van der Waals surface area contributed by atoms with Gasteiger partial charge >= 0.3 is 0 Å². The van der Waals surface area contributed by atoms with Crippen molar-refractivity contribution in [1.82, 2.24) is 9.38 Å². The predicted octanol–water partition coefficient (Wildman–Crippen LogP) is 2.16. The Morgan fingerprint density at radius 1 is 1.24 bits per heavy atom. The van der Waals surface area contributed by atoms with Gasteiger partial charge in [-0.2, -0.15) is 0 Å². The van der Waals surface area contributed by atoms with Crippen molar-refractivity contribution >= 4 is 11.3 Å². The molecule has 3 aromatic rings. The van der Waals surface area contributed by atoms with E-state index in [0.717, 1.165) is 5.56 Å². The second kappa shape index (κ2) is 5.28. The molecule has 0 fully saturated rings. The normalized spacial score (nSPS) is 10.7. The van der Waals surface area contributed by atoms with Crippen LogP contribution in [0.1, 0.15) is 11.3 Å². The molecule has 0 saturated carbocycles. The summed E-state index contributed by atoms with van der Waals surface area (Å²) in [6, 6.07) is 12.4. The lowest BCUT2D eigenvalue weighted by Gasteiger charge is -2.07. The molecule has 0 aliphatic rings. The summed E-state index contributed by atoms with van der Waals surface area (Å²) in [5.74, 6) is 0.654. The highest BCUT2D eigenvalue weighted by Gasteiger charge is 2.04. The molecular weight excluding hydrogens is 266 g/mol. The van der Waals surface area contributed by atoms with Crippen LogP contribution in [0.2, 0.25) is 0 Å². The van der Waals surface area contributed by atoms with E-state index in [9.17, 15) is 4.79 Å². The van der Waals surface area contributed by atoms with E-state index in [4.69, 9.17) is 10.5 Å². The lowest BCUT2D eigenvalue weighted by atomic mass is 10.3. The number of nitrogens with two attached hydrogens (primary N) is 1. The second-order valence-electron chi connectivity index (χ2n) is 4.88. The number of pyridine rings is 1. The van der Waals surface area contributed by atoms with E-state index in [-0.39, 0.29) is 12.2 Å². The molecule has 0 bridgehead atoms. The number of hydrogen-bond donors (Lipinski definition) is 1. The lowest BCUT2D eigenvalue weighted by Crippen LogP contribution is -2.16. The van der Waals surface area contributed by atoms with Crippen LogP contribution in [-0.4, -0.2) is 9.38 Å². The zero-order valence-corrected chi connectivity index (χ0v) is 11.6. The Morgan fingerprint density at radius 3 is 2.90 bits per heavy atom. The number of rotatable bonds is 3. The Hall–Kier alpha value is -2.82. The fourth-order valence-corrected chi connectivity index (χ4v) is 2.09. The Kier molecular flexibility index (Phi) is 3.31. The number of nitrogen functional groups attached to an aromatic ring is 1. The lowest BCUT2D eigenvalue weighted by molar-refractivity contribution is 0.301. The molecule has 0 spiro atoms. The van der Waals surface area contributed by atoms with Gasteiger partial charge in [-0.05, 0) is 36.8 Å². The minimum Gasteiger partial charge on any atom is -0.487 e. The van der Waals surface area contributed by atoms with Gasteiger partial charge in [-0.1, -0.05) is 6.07 Å². The van der Waals surface area contributed by atoms with Gasteiger partial charge in [0, 0.05) is 24.0 Å². The van der Waals surface area contributed by atoms with Crippen LogP contribution in [0.25, 0.3) is 5.65 Å². The standard InChI is InChI=1S/C16H15N3O2/c1-11-5-6-19-15(7-11)18-13(9-16(19)20)10-21-14-4-2-3-12(17)8-14/h2-9H,10,17H2,1H3. The molecule has 0 aliphatic heterocycles. The number of hydrogen-bond acceptors (Lipinski definition) is 4. The first-order chi connectivity index (χ1) is 10.1. The third-order valence-electron chi connectivity index (χ3n) is 3.12. The average Bonchev–Trinajstić information content (AvgIpc) is 2.45. The third-order valence-corrected chi connectivity index (χ3v) is 3.12. The van der Waals surface area contributed by atoms with Crippen molar-refractivity contribution in [2.75, 3.05) is 5.73 Å². The van der Waals surface area contributed by atoms with Crippen molar-refractivity contribution < 1.29 is 4.74 Å². The molecule has 0 radical (unpaired) electrons. The molecule has 106 valence electrons. The van der Waals surface area contributed by atoms with Gasteiger partial charge in [0.15, 0.2) is 0 Å². The summed E-state index contributed by atoms with van der Waals surface area (Å²) < 4.78 is 7.13. The molecule has 0 unspecified atom stereocenters. The molecule has 0 amide bonds. The first kappa shape index (κ1) is 13.2. The quantitative estimate of drug-likeness (QED) is 0.747. The maximum Gasteiger partial charge on any atom is 0.258 e. The number of aryl methyl sites for hydroxylation is 1. The number of nitrogens with zero attached hydrogens (tertiary/aromatic N) is 2. The predicted molar refractivity (Wildman–Crippen MR) is 81.4 cm³/mol. The van der Waals surface area contributed by atoms with E-state index in [1.165, 1.54) is 10.5 Å². The van der Waals surface area contributed by atoms with Crippen molar-refractivity contribution in [2.24, 2.45) is 0 Å². The average molecular weight is 281 g/mol. The maximum absolute atomic E-state index is 12.0. The van der Waals surface area contributed by atoms with Gasteiger partial charge in [-0.15, -0.1) is 0 Å². The Labute approximate surface area is 121 Å². The van der Waals surface area contributed by atoms with Gasteiger partial charge in [0.05, 0.1) is 5.69 Å². The molecule has 0 atom stereocenters. The minimum absolute atomic E-state index is 0.119. The highest BCUT2D eigenvalue weighted by molar-refractivity contribution is 5.44. The topological polar surface area (TPSA) is 69.6 Å². The van der Waals surface area contributed by atoms with E-state index in [1.807, 2.05) is 31.2 Å². The van der Waals surface area contributed by atoms with Gasteiger partial charge in [-0.25, -0.2) is 4.98 Å². The third kappa shape index (κ3) is 2.86. The molecule has 5 heteroatoms. The molecule has 2 N–H and O–H groups in total. The van der Waals surface area contributed by atoms with Gasteiger partial charge in [-0.3, -0.25) is 9.20 Å². The van der Waals surface area contributed by atoms with Crippen LogP contribution < -0.4 is 16.0 Å². The largest absolute Gasteiger partial charge is 0.487 e. The minimum atomic E-state index is -0.119. The van der Waals surface area contributed by atoms with Crippen molar-refractivity contribution in [1.29, 1.82) is 0 Å². The summed E-state index contributed by atoms with van der Waals surface area (Å²) in [7, 11) is 0. The molecular formula is C16H15N3O2. The molecule has 2 aromatic heterocycles. The van der Waals surface area contributed by atoms with Crippen LogP contribution in [0, 0.1) is 6.92 Å². The number of benzene rings is 1. The van der Waals surface area contributed by atoms with Crippen LogP contribution in [0.5, 0.6) is 5.75 Å². The monoisotopic (exact) mass is 281 g/mol. The summed E-state index contributed by atoms with van der Waals surface area (Å²) in [6.45, 7) is 2.19. The molecule has 21 heavy (non-hydrogen) atoms. The van der Waals surface area contributed by atoms with Crippen LogP contribution in [0.3, 0.4) is 0 Å². The maximum atomic E-state index is 12.0. The van der Waals surface area contributed by atoms with Crippen LogP contribution >= 0.6 is 0 Å². The van der Waals surface area contributed by atoms with Crippen molar-refractivity contribution in [2.45, 2.75) is 13.5 Å². The van der Waals surface area contributed by atoms with Gasteiger partial charge in [0.25, 0.3) is 5.56 Å². The van der Waals surface area contributed by atoms with E-state index >= 15 is 0 Å². The molecule has 0 saturated heterocycles. The Morgan fingerprint density at radius 2 is 2.10 bits per heavy atom. The van der Waals surface area contributed by atoms with Crippen molar-refractivity contribution in [3.05, 3.63) is 70.3 Å². The first-order valence-corrected chi connectivity index (χ1v) is 6.59. The van der Waals surface area contributed by atoms with Crippen LogP contribution in [0.4, 0.5) is 5.69 Å². The van der Waals surface area contributed by atoms with Gasteiger partial charge < -0.3 is 10.5 Å². The number of aromatic nitrogens is 2. The van der Waals surface area contributed by atoms with Crippen molar-refractivity contribution in [3.63, 3.8) is 0 Å². The highest BCUT2D eigenvalue weighted by Crippen LogP contribution is 2.15. The first-order valence-electron chi connectivity index (χ1n) is 6.59. The van der Waals surface area contributed by atoms with E-state index in [0.29, 0.717) is 22.8 Å². The Bertz CT molecular complexity index is 856. The van der Waals surface area contributed by atoms with Gasteiger partial charge in [0.2, 0.25) is 0 Å². The SMILES string of the molecule is Cc1ccn2c(=O)cc(COc3cccc(N)c3)nc2c1. The molecule has 3 rings (SSSR count). The fourth-order valence-electron chi connectivity index (χ4n) is 2.09. The van der Waals surface area contributed by atoms with Gasteiger partial charge in [0.1, 0.15) is 18.0 Å². The van der Waals surface area contributed by atoms with Crippen LogP contribution in [0.15, 0.2) is 53.5 Å². The zero-order valence-electron chi connectivity index (χ0n) is 11.6. The van der Waals surface area contributed by atoms with E-state index in [1.54, 1.807) is 18.3 Å². The van der Waals surface area contributed by atoms with E-state index in [2.05, 4.69) is 4.98 Å². The number of ether oxygens (including phenoxy) is 1. The molecule has 2 heterocycles. The summed E-state index contributed by atoms with van der Waals surface area (Å²) in [5, 5.41) is 0. The zero-order chi connectivity index (χ0) is 14.8. The summed E-state index contributed by atoms with van der Waals surface area (Å²) in [5.41, 5.74) is 8.47.